The van der Waals surface area contributed by atoms with Crippen molar-refractivity contribution in [1.82, 2.24) is 19.3 Å². The topological polar surface area (TPSA) is 76.1 Å². The summed E-state index contributed by atoms with van der Waals surface area (Å²) in [6, 6.07) is 11.7. The number of phenols is 2. The van der Waals surface area contributed by atoms with E-state index in [0.29, 0.717) is 23.0 Å². The monoisotopic (exact) mass is 490 g/mol. The third-order valence-electron chi connectivity index (χ3n) is 7.66. The first-order valence-electron chi connectivity index (χ1n) is 12.7. The van der Waals surface area contributed by atoms with E-state index >= 15 is 0 Å². The van der Waals surface area contributed by atoms with Crippen molar-refractivity contribution in [3.05, 3.63) is 48.2 Å². The summed E-state index contributed by atoms with van der Waals surface area (Å²) in [5, 5.41) is 30.8. The maximum absolute atomic E-state index is 10.6. The van der Waals surface area contributed by atoms with Crippen molar-refractivity contribution in [3.63, 3.8) is 0 Å². The Morgan fingerprint density at radius 1 is 0.914 bits per heavy atom. The number of fused-ring (bicyclic) bond motifs is 1. The lowest BCUT2D eigenvalue weighted by atomic mass is 9.89. The first-order valence-corrected chi connectivity index (χ1v) is 13.2. The summed E-state index contributed by atoms with van der Waals surface area (Å²) in [7, 11) is 0. The number of hydrogen-bond donors (Lipinski definition) is 3. The van der Waals surface area contributed by atoms with Gasteiger partial charge in [0.1, 0.15) is 11.5 Å². The van der Waals surface area contributed by atoms with Gasteiger partial charge in [-0.3, -0.25) is 4.57 Å². The first-order chi connectivity index (χ1) is 16.9. The minimum absolute atomic E-state index is 0.0398. The Hall–Kier alpha value is -2.93. The molecular weight excluding hydrogens is 456 g/mol. The summed E-state index contributed by atoms with van der Waals surface area (Å²) in [6.45, 7) is 4.37. The van der Waals surface area contributed by atoms with E-state index in [9.17, 15) is 10.2 Å². The number of aromatic nitrogens is 4. The molecule has 0 aliphatic heterocycles. The van der Waals surface area contributed by atoms with Gasteiger partial charge in [0.2, 0.25) is 0 Å². The number of aryl methyl sites for hydroxylation is 1. The molecule has 0 unspecified atom stereocenters. The largest absolute Gasteiger partial charge is 0.508 e. The van der Waals surface area contributed by atoms with Crippen LogP contribution in [0.15, 0.2) is 47.8 Å². The van der Waals surface area contributed by atoms with E-state index in [-0.39, 0.29) is 17.0 Å². The van der Waals surface area contributed by atoms with Gasteiger partial charge in [0.15, 0.2) is 11.0 Å². The Bertz CT molecular complexity index is 1350. The standard InChI is InChI=1S/C28H34N4O2S/c1-3-19-17-22(25(34)18-24(19)33)26-29-30-27(35)32(26)21-10-11-23-20(16-21)12-15-31(23)28(2)13-8-6-4-5-7-9-14-28/h10-12,15-18,33-34H,3-9,13-14H2,1-2H3,(H,30,35). The molecule has 1 fully saturated rings. The van der Waals surface area contributed by atoms with Crippen molar-refractivity contribution in [2.24, 2.45) is 0 Å². The molecule has 0 saturated heterocycles. The van der Waals surface area contributed by atoms with Gasteiger partial charge in [-0.05, 0) is 62.1 Å². The summed E-state index contributed by atoms with van der Waals surface area (Å²) in [5.74, 6) is 0.526. The highest BCUT2D eigenvalue weighted by Gasteiger charge is 2.27. The van der Waals surface area contributed by atoms with E-state index in [1.807, 2.05) is 11.5 Å². The lowest BCUT2D eigenvalue weighted by Gasteiger charge is -2.33. The van der Waals surface area contributed by atoms with Crippen LogP contribution >= 0.6 is 12.6 Å². The molecule has 1 aliphatic carbocycles. The minimum atomic E-state index is -0.0398. The van der Waals surface area contributed by atoms with Gasteiger partial charge >= 0.3 is 0 Å². The fourth-order valence-corrected chi connectivity index (χ4v) is 5.85. The molecular formula is C28H34N4O2S. The third-order valence-corrected chi connectivity index (χ3v) is 7.95. The molecule has 0 radical (unpaired) electrons. The average Bonchev–Trinajstić information content (AvgIpc) is 3.46. The molecule has 5 rings (SSSR count). The molecule has 6 nitrogen and oxygen atoms in total. The highest BCUT2D eigenvalue weighted by Crippen LogP contribution is 2.38. The number of benzene rings is 2. The molecule has 2 aromatic carbocycles. The fourth-order valence-electron chi connectivity index (χ4n) is 5.60. The van der Waals surface area contributed by atoms with Crippen LogP contribution in [0.5, 0.6) is 11.5 Å². The molecule has 2 heterocycles. The lowest BCUT2D eigenvalue weighted by Crippen LogP contribution is -2.29. The second-order valence-electron chi connectivity index (χ2n) is 10.1. The molecule has 0 amide bonds. The predicted molar refractivity (Wildman–Crippen MR) is 143 cm³/mol. The smallest absolute Gasteiger partial charge is 0.193 e. The van der Waals surface area contributed by atoms with Crippen LogP contribution < -0.4 is 0 Å². The Kier molecular flexibility index (Phi) is 6.53. The second-order valence-corrected chi connectivity index (χ2v) is 10.5. The van der Waals surface area contributed by atoms with Crippen molar-refractivity contribution in [1.29, 1.82) is 0 Å². The van der Waals surface area contributed by atoms with Crippen LogP contribution in [0.4, 0.5) is 0 Å². The average molecular weight is 491 g/mol. The van der Waals surface area contributed by atoms with Crippen LogP contribution in [0, 0.1) is 0 Å². The maximum Gasteiger partial charge on any atom is 0.193 e. The van der Waals surface area contributed by atoms with Gasteiger partial charge in [-0.2, -0.15) is 0 Å². The summed E-state index contributed by atoms with van der Waals surface area (Å²) in [4.78, 5) is 0. The molecule has 0 bridgehead atoms. The number of aromatic hydroxyl groups is 2. The summed E-state index contributed by atoms with van der Waals surface area (Å²) in [5.41, 5.74) is 3.49. The summed E-state index contributed by atoms with van der Waals surface area (Å²) in [6.07, 6.45) is 13.2. The van der Waals surface area contributed by atoms with Crippen molar-refractivity contribution in [2.75, 3.05) is 0 Å². The fraction of sp³-hybridized carbons (Fsp3) is 0.429. The molecule has 1 saturated carbocycles. The molecule has 184 valence electrons. The van der Waals surface area contributed by atoms with Gasteiger partial charge in [-0.1, -0.05) is 45.4 Å². The minimum Gasteiger partial charge on any atom is -0.508 e. The number of rotatable bonds is 4. The normalized spacial score (nSPS) is 16.7. The lowest BCUT2D eigenvalue weighted by molar-refractivity contribution is 0.267. The van der Waals surface area contributed by atoms with Crippen LogP contribution in [0.1, 0.15) is 70.8 Å². The van der Waals surface area contributed by atoms with Crippen LogP contribution in [0.3, 0.4) is 0 Å². The van der Waals surface area contributed by atoms with Crippen LogP contribution in [-0.4, -0.2) is 29.5 Å². The number of hydrogen-bond acceptors (Lipinski definition) is 5. The van der Waals surface area contributed by atoms with E-state index in [1.54, 1.807) is 6.07 Å². The van der Waals surface area contributed by atoms with Gasteiger partial charge in [0.25, 0.3) is 0 Å². The van der Waals surface area contributed by atoms with Gasteiger partial charge < -0.3 is 14.8 Å². The maximum atomic E-state index is 10.6. The molecule has 0 atom stereocenters. The van der Waals surface area contributed by atoms with Gasteiger partial charge in [-0.25, -0.2) is 0 Å². The first kappa shape index (κ1) is 23.8. The molecule has 7 heteroatoms. The third kappa shape index (κ3) is 4.42. The highest BCUT2D eigenvalue weighted by molar-refractivity contribution is 7.80. The van der Waals surface area contributed by atoms with Crippen molar-refractivity contribution < 1.29 is 10.2 Å². The van der Waals surface area contributed by atoms with Crippen molar-refractivity contribution in [2.45, 2.75) is 82.3 Å². The van der Waals surface area contributed by atoms with E-state index in [0.717, 1.165) is 16.6 Å². The van der Waals surface area contributed by atoms with Gasteiger partial charge in [-0.15, -0.1) is 22.8 Å². The van der Waals surface area contributed by atoms with E-state index in [2.05, 4.69) is 64.8 Å². The molecule has 35 heavy (non-hydrogen) atoms. The zero-order valence-electron chi connectivity index (χ0n) is 20.5. The predicted octanol–water partition coefficient (Wildman–Crippen LogP) is 7.00. The number of phenolic OH excluding ortho intramolecular Hbond substituents is 2. The second kappa shape index (κ2) is 9.61. The Morgan fingerprint density at radius 3 is 2.34 bits per heavy atom. The van der Waals surface area contributed by atoms with E-state index in [1.165, 1.54) is 62.9 Å². The van der Waals surface area contributed by atoms with Gasteiger partial charge in [0, 0.05) is 28.7 Å². The van der Waals surface area contributed by atoms with Crippen molar-refractivity contribution in [3.8, 4) is 28.6 Å². The SMILES string of the molecule is CCc1cc(-c2nnc(S)n2-c2ccc3c(ccn3C3(C)CCCCCCCC3)c2)c(O)cc1O. The van der Waals surface area contributed by atoms with Crippen molar-refractivity contribution >= 4 is 23.5 Å². The molecule has 2 N–H and O–H groups in total. The van der Waals surface area contributed by atoms with Crippen LogP contribution in [-0.2, 0) is 12.0 Å². The molecule has 1 aliphatic rings. The zero-order valence-corrected chi connectivity index (χ0v) is 21.4. The Labute approximate surface area is 212 Å². The van der Waals surface area contributed by atoms with Crippen LogP contribution in [0.2, 0.25) is 0 Å². The highest BCUT2D eigenvalue weighted by atomic mass is 32.1. The Morgan fingerprint density at radius 2 is 1.63 bits per heavy atom. The Balaban J connectivity index is 1.56. The molecule has 2 aromatic heterocycles. The number of thiol groups is 1. The zero-order chi connectivity index (χ0) is 24.6. The summed E-state index contributed by atoms with van der Waals surface area (Å²) < 4.78 is 4.32. The van der Waals surface area contributed by atoms with E-state index in [4.69, 9.17) is 0 Å². The number of nitrogens with zero attached hydrogens (tertiary/aromatic N) is 4. The van der Waals surface area contributed by atoms with Crippen LogP contribution in [0.25, 0.3) is 28.0 Å². The quantitative estimate of drug-likeness (QED) is 0.269. The molecule has 0 spiro atoms. The summed E-state index contributed by atoms with van der Waals surface area (Å²) >= 11 is 4.56. The van der Waals surface area contributed by atoms with Gasteiger partial charge in [0.05, 0.1) is 11.3 Å². The molecule has 4 aromatic rings. The van der Waals surface area contributed by atoms with E-state index < -0.39 is 0 Å².